The molecule has 1 heterocycles. The second kappa shape index (κ2) is 7.53. The summed E-state index contributed by atoms with van der Waals surface area (Å²) >= 11 is 1.13. The van der Waals surface area contributed by atoms with Crippen molar-refractivity contribution in [1.82, 2.24) is 0 Å². The molecule has 0 atom stereocenters. The van der Waals surface area contributed by atoms with Crippen molar-refractivity contribution in [2.75, 3.05) is 30.9 Å². The van der Waals surface area contributed by atoms with Crippen molar-refractivity contribution in [3.63, 3.8) is 0 Å². The van der Waals surface area contributed by atoms with Crippen LogP contribution in [-0.4, -0.2) is 32.6 Å². The lowest BCUT2D eigenvalue weighted by atomic mass is 10.2. The Hall–Kier alpha value is -2.93. The van der Waals surface area contributed by atoms with E-state index in [9.17, 15) is 14.0 Å². The number of ether oxygens (including phenoxy) is 1. The number of amides is 1. The van der Waals surface area contributed by atoms with Crippen molar-refractivity contribution in [3.05, 3.63) is 59.2 Å². The third-order valence-corrected chi connectivity index (χ3v) is 4.79. The van der Waals surface area contributed by atoms with E-state index >= 15 is 0 Å². The Morgan fingerprint density at radius 3 is 2.54 bits per heavy atom. The predicted molar refractivity (Wildman–Crippen MR) is 101 cm³/mol. The molecule has 134 valence electrons. The van der Waals surface area contributed by atoms with E-state index in [0.29, 0.717) is 15.8 Å². The maximum absolute atomic E-state index is 13.7. The minimum Gasteiger partial charge on any atom is -0.451 e. The van der Waals surface area contributed by atoms with Gasteiger partial charge in [-0.15, -0.1) is 11.3 Å². The summed E-state index contributed by atoms with van der Waals surface area (Å²) in [7, 11) is 3.85. The molecule has 0 saturated carbocycles. The molecule has 7 heteroatoms. The summed E-state index contributed by atoms with van der Waals surface area (Å²) in [6.45, 7) is -0.412. The Bertz CT molecular complexity index is 951. The smallest absolute Gasteiger partial charge is 0.348 e. The van der Waals surface area contributed by atoms with Crippen LogP contribution in [0.25, 0.3) is 10.1 Å². The summed E-state index contributed by atoms with van der Waals surface area (Å²) in [5.74, 6) is -1.48. The Labute approximate surface area is 154 Å². The Balaban J connectivity index is 1.58. The number of thiophene rings is 1. The number of hydrogen-bond donors (Lipinski definition) is 1. The van der Waals surface area contributed by atoms with Gasteiger partial charge in [0.2, 0.25) is 0 Å². The van der Waals surface area contributed by atoms with Crippen molar-refractivity contribution >= 4 is 44.7 Å². The van der Waals surface area contributed by atoms with E-state index in [4.69, 9.17) is 4.74 Å². The van der Waals surface area contributed by atoms with Crippen LogP contribution in [0.5, 0.6) is 0 Å². The molecule has 0 spiro atoms. The van der Waals surface area contributed by atoms with Gasteiger partial charge in [0.25, 0.3) is 5.91 Å². The molecule has 3 rings (SSSR count). The van der Waals surface area contributed by atoms with Crippen LogP contribution in [0.1, 0.15) is 9.67 Å². The van der Waals surface area contributed by atoms with Gasteiger partial charge in [-0.3, -0.25) is 4.79 Å². The monoisotopic (exact) mass is 372 g/mol. The number of carbonyl (C=O) groups is 2. The second-order valence-electron chi connectivity index (χ2n) is 5.83. The molecule has 0 aliphatic carbocycles. The molecule has 3 aromatic rings. The molecule has 0 saturated heterocycles. The minimum absolute atomic E-state index is 0.258. The minimum atomic E-state index is -0.649. The van der Waals surface area contributed by atoms with E-state index in [1.54, 1.807) is 24.3 Å². The van der Waals surface area contributed by atoms with Crippen molar-refractivity contribution in [1.29, 1.82) is 0 Å². The number of nitrogens with zero attached hydrogens (tertiary/aromatic N) is 1. The number of benzene rings is 2. The Morgan fingerprint density at radius 1 is 1.15 bits per heavy atom. The number of fused-ring (bicyclic) bond motifs is 1. The van der Waals surface area contributed by atoms with E-state index in [0.717, 1.165) is 17.0 Å². The van der Waals surface area contributed by atoms with Gasteiger partial charge in [0.05, 0.1) is 0 Å². The molecule has 0 bridgehead atoms. The van der Waals surface area contributed by atoms with E-state index < -0.39 is 24.3 Å². The fourth-order valence-electron chi connectivity index (χ4n) is 2.37. The number of carbonyl (C=O) groups excluding carboxylic acids is 2. The van der Waals surface area contributed by atoms with Gasteiger partial charge in [-0.05, 0) is 42.5 Å². The summed E-state index contributed by atoms with van der Waals surface area (Å²) in [6, 6.07) is 13.4. The van der Waals surface area contributed by atoms with Gasteiger partial charge in [-0.2, -0.15) is 0 Å². The fraction of sp³-hybridized carbons (Fsp3) is 0.158. The second-order valence-corrected chi connectivity index (χ2v) is 6.91. The Kier molecular flexibility index (Phi) is 5.18. The van der Waals surface area contributed by atoms with Crippen LogP contribution in [0.15, 0.2) is 48.5 Å². The average molecular weight is 372 g/mol. The zero-order chi connectivity index (χ0) is 18.7. The molecular weight excluding hydrogens is 355 g/mol. The zero-order valence-corrected chi connectivity index (χ0v) is 15.1. The van der Waals surface area contributed by atoms with Gasteiger partial charge in [-0.25, -0.2) is 9.18 Å². The molecule has 0 unspecified atom stereocenters. The predicted octanol–water partition coefficient (Wildman–Crippen LogP) is 3.90. The largest absolute Gasteiger partial charge is 0.451 e. The van der Waals surface area contributed by atoms with Crippen molar-refractivity contribution in [3.8, 4) is 0 Å². The van der Waals surface area contributed by atoms with Gasteiger partial charge >= 0.3 is 5.97 Å². The van der Waals surface area contributed by atoms with Crippen LogP contribution < -0.4 is 10.2 Å². The van der Waals surface area contributed by atoms with Gasteiger partial charge in [0, 0.05) is 35.6 Å². The standard InChI is InChI=1S/C19H17FN2O3S/c1-22(2)13-8-6-12(7-9-13)21-18(23)11-25-19(24)17-10-14-15(20)4-3-5-16(14)26-17/h3-10H,11H2,1-2H3,(H,21,23). The van der Waals surface area contributed by atoms with Crippen molar-refractivity contribution in [2.24, 2.45) is 0 Å². The summed E-state index contributed by atoms with van der Waals surface area (Å²) in [5.41, 5.74) is 1.62. The molecule has 1 aromatic heterocycles. The van der Waals surface area contributed by atoms with E-state index in [-0.39, 0.29) is 4.88 Å². The molecule has 2 aromatic carbocycles. The highest BCUT2D eigenvalue weighted by Gasteiger charge is 2.15. The molecule has 26 heavy (non-hydrogen) atoms. The quantitative estimate of drug-likeness (QED) is 0.690. The number of hydrogen-bond acceptors (Lipinski definition) is 5. The number of anilines is 2. The summed E-state index contributed by atoms with van der Waals surface area (Å²) in [4.78, 5) is 26.2. The topological polar surface area (TPSA) is 58.6 Å². The van der Waals surface area contributed by atoms with Gasteiger partial charge < -0.3 is 15.0 Å². The van der Waals surface area contributed by atoms with E-state index in [2.05, 4.69) is 5.32 Å². The molecule has 1 amide bonds. The lowest BCUT2D eigenvalue weighted by Gasteiger charge is -2.13. The lowest BCUT2D eigenvalue weighted by Crippen LogP contribution is -2.20. The highest BCUT2D eigenvalue weighted by Crippen LogP contribution is 2.28. The summed E-state index contributed by atoms with van der Waals surface area (Å²) in [6.07, 6.45) is 0. The third kappa shape index (κ3) is 4.00. The van der Waals surface area contributed by atoms with E-state index in [1.165, 1.54) is 12.1 Å². The first-order chi connectivity index (χ1) is 12.4. The molecule has 0 aliphatic rings. The molecule has 1 N–H and O–H groups in total. The first kappa shape index (κ1) is 17.9. The molecule has 0 aliphatic heterocycles. The number of nitrogens with one attached hydrogen (secondary N) is 1. The van der Waals surface area contributed by atoms with Crippen LogP contribution in [0.3, 0.4) is 0 Å². The first-order valence-electron chi connectivity index (χ1n) is 7.86. The van der Waals surface area contributed by atoms with Crippen LogP contribution in [-0.2, 0) is 9.53 Å². The number of esters is 1. The highest BCUT2D eigenvalue weighted by atomic mass is 32.1. The van der Waals surface area contributed by atoms with Crippen molar-refractivity contribution in [2.45, 2.75) is 0 Å². The van der Waals surface area contributed by atoms with Crippen LogP contribution in [0.2, 0.25) is 0 Å². The van der Waals surface area contributed by atoms with Gasteiger partial charge in [0.15, 0.2) is 6.61 Å². The van der Waals surface area contributed by atoms with Crippen molar-refractivity contribution < 1.29 is 18.7 Å². The lowest BCUT2D eigenvalue weighted by molar-refractivity contribution is -0.119. The molecule has 0 fully saturated rings. The zero-order valence-electron chi connectivity index (χ0n) is 14.3. The van der Waals surface area contributed by atoms with Crippen LogP contribution in [0, 0.1) is 5.82 Å². The average Bonchev–Trinajstić information content (AvgIpc) is 3.06. The van der Waals surface area contributed by atoms with Crippen LogP contribution in [0.4, 0.5) is 15.8 Å². The van der Waals surface area contributed by atoms with E-state index in [1.807, 2.05) is 31.1 Å². The summed E-state index contributed by atoms with van der Waals surface area (Å²) in [5, 5.41) is 3.03. The number of rotatable bonds is 5. The molecule has 0 radical (unpaired) electrons. The molecular formula is C19H17FN2O3S. The fourth-order valence-corrected chi connectivity index (χ4v) is 3.34. The first-order valence-corrected chi connectivity index (χ1v) is 8.68. The van der Waals surface area contributed by atoms with Gasteiger partial charge in [0.1, 0.15) is 10.7 Å². The van der Waals surface area contributed by atoms with Crippen LogP contribution >= 0.6 is 11.3 Å². The maximum atomic E-state index is 13.7. The highest BCUT2D eigenvalue weighted by molar-refractivity contribution is 7.20. The number of halogens is 1. The molecule has 5 nitrogen and oxygen atoms in total. The summed E-state index contributed by atoms with van der Waals surface area (Å²) < 4.78 is 19.4. The van der Waals surface area contributed by atoms with Gasteiger partial charge in [-0.1, -0.05) is 6.07 Å². The maximum Gasteiger partial charge on any atom is 0.348 e. The third-order valence-electron chi connectivity index (χ3n) is 3.71. The normalized spacial score (nSPS) is 10.6. The SMILES string of the molecule is CN(C)c1ccc(NC(=O)COC(=O)c2cc3c(F)cccc3s2)cc1. The Morgan fingerprint density at radius 2 is 1.88 bits per heavy atom.